The highest BCUT2D eigenvalue weighted by molar-refractivity contribution is 5.96. The predicted molar refractivity (Wildman–Crippen MR) is 99.7 cm³/mol. The molecule has 1 aromatic rings. The number of ether oxygens (including phenoxy) is 3. The number of anilines is 1. The van der Waals surface area contributed by atoms with Gasteiger partial charge in [0.1, 0.15) is 24.2 Å². The van der Waals surface area contributed by atoms with Crippen molar-refractivity contribution < 1.29 is 24.1 Å². The van der Waals surface area contributed by atoms with Gasteiger partial charge in [-0.25, -0.2) is 0 Å². The lowest BCUT2D eigenvalue weighted by atomic mass is 10.0. The van der Waals surface area contributed by atoms with Gasteiger partial charge in [0.25, 0.3) is 0 Å². The Morgan fingerprint density at radius 1 is 1.27 bits per heavy atom. The molecule has 26 heavy (non-hydrogen) atoms. The summed E-state index contributed by atoms with van der Waals surface area (Å²) in [6.45, 7) is 8.51. The van der Waals surface area contributed by atoms with Crippen LogP contribution in [0.3, 0.4) is 0 Å². The summed E-state index contributed by atoms with van der Waals surface area (Å²) in [6.07, 6.45) is -0.117. The highest BCUT2D eigenvalue weighted by Crippen LogP contribution is 2.39. The van der Waals surface area contributed by atoms with Gasteiger partial charge in [-0.15, -0.1) is 0 Å². The number of carbonyl (C=O) groups is 1. The van der Waals surface area contributed by atoms with E-state index < -0.39 is 12.4 Å². The Morgan fingerprint density at radius 3 is 2.62 bits per heavy atom. The Balaban J connectivity index is 2.09. The van der Waals surface area contributed by atoms with Crippen molar-refractivity contribution in [3.63, 3.8) is 0 Å². The van der Waals surface area contributed by atoms with Gasteiger partial charge in [0.05, 0.1) is 5.69 Å². The summed E-state index contributed by atoms with van der Waals surface area (Å²) in [4.78, 5) is 11.8. The number of benzene rings is 1. The fourth-order valence-corrected chi connectivity index (χ4v) is 2.56. The molecule has 2 unspecified atom stereocenters. The highest BCUT2D eigenvalue weighted by atomic mass is 16.7. The second kappa shape index (κ2) is 8.70. The molecule has 0 fully saturated rings. The van der Waals surface area contributed by atoms with Crippen LogP contribution in [0.25, 0.3) is 0 Å². The fraction of sp³-hybridized carbons (Fsp3) is 0.632. The van der Waals surface area contributed by atoms with Crippen molar-refractivity contribution in [3.05, 3.63) is 17.7 Å². The SMILES string of the molecule is COC(C)Oc1ccc(OCC(O)CNC(C)(C)C)c2c1NC(=O)CC2. The van der Waals surface area contributed by atoms with Crippen LogP contribution >= 0.6 is 0 Å². The Bertz CT molecular complexity index is 627. The predicted octanol–water partition coefficient (Wildman–Crippen LogP) is 2.07. The fourth-order valence-electron chi connectivity index (χ4n) is 2.56. The first-order valence-corrected chi connectivity index (χ1v) is 8.90. The van der Waals surface area contributed by atoms with Crippen molar-refractivity contribution in [2.24, 2.45) is 0 Å². The van der Waals surface area contributed by atoms with E-state index in [-0.39, 0.29) is 18.1 Å². The molecule has 1 amide bonds. The van der Waals surface area contributed by atoms with E-state index in [9.17, 15) is 9.90 Å². The van der Waals surface area contributed by atoms with Crippen molar-refractivity contribution in [3.8, 4) is 11.5 Å². The van der Waals surface area contributed by atoms with E-state index in [2.05, 4.69) is 10.6 Å². The van der Waals surface area contributed by atoms with E-state index in [1.54, 1.807) is 26.2 Å². The number of hydrogen-bond donors (Lipinski definition) is 3. The van der Waals surface area contributed by atoms with Crippen LogP contribution in [-0.4, -0.2) is 49.2 Å². The zero-order chi connectivity index (χ0) is 19.3. The molecule has 2 rings (SSSR count). The monoisotopic (exact) mass is 366 g/mol. The third-order valence-corrected chi connectivity index (χ3v) is 4.02. The Kier molecular flexibility index (Phi) is 6.86. The zero-order valence-corrected chi connectivity index (χ0v) is 16.2. The van der Waals surface area contributed by atoms with Crippen molar-refractivity contribution in [2.45, 2.75) is 58.5 Å². The Labute approximate surface area is 155 Å². The minimum Gasteiger partial charge on any atom is -0.490 e. The molecule has 1 aliphatic rings. The summed E-state index contributed by atoms with van der Waals surface area (Å²) in [5.41, 5.74) is 1.42. The number of aliphatic hydroxyl groups excluding tert-OH is 1. The van der Waals surface area contributed by atoms with Gasteiger partial charge in [-0.1, -0.05) is 0 Å². The third-order valence-electron chi connectivity index (χ3n) is 4.02. The molecule has 2 atom stereocenters. The van der Waals surface area contributed by atoms with Crippen LogP contribution in [0.5, 0.6) is 11.5 Å². The molecule has 0 aromatic heterocycles. The highest BCUT2D eigenvalue weighted by Gasteiger charge is 2.24. The topological polar surface area (TPSA) is 89.1 Å². The minimum atomic E-state index is -0.632. The maximum Gasteiger partial charge on any atom is 0.224 e. The molecule has 3 N–H and O–H groups in total. The maximum absolute atomic E-state index is 11.8. The molecule has 146 valence electrons. The van der Waals surface area contributed by atoms with Crippen LogP contribution in [0.1, 0.15) is 39.7 Å². The lowest BCUT2D eigenvalue weighted by molar-refractivity contribution is -0.116. The second-order valence-corrected chi connectivity index (χ2v) is 7.48. The summed E-state index contributed by atoms with van der Waals surface area (Å²) < 4.78 is 16.7. The molecule has 0 spiro atoms. The first-order valence-electron chi connectivity index (χ1n) is 8.90. The molecule has 1 aliphatic heterocycles. The van der Waals surface area contributed by atoms with Crippen molar-refractivity contribution in [2.75, 3.05) is 25.6 Å². The lowest BCUT2D eigenvalue weighted by Crippen LogP contribution is -2.42. The molecule has 1 heterocycles. The van der Waals surface area contributed by atoms with Crippen LogP contribution in [-0.2, 0) is 16.0 Å². The van der Waals surface area contributed by atoms with Gasteiger partial charge in [-0.2, -0.15) is 0 Å². The number of β-amino-alcohol motifs (C(OH)–C–C–N with tert-alkyl or cyclic N) is 1. The lowest BCUT2D eigenvalue weighted by Gasteiger charge is -2.26. The van der Waals surface area contributed by atoms with Crippen LogP contribution < -0.4 is 20.1 Å². The van der Waals surface area contributed by atoms with Crippen molar-refractivity contribution >= 4 is 11.6 Å². The largest absolute Gasteiger partial charge is 0.490 e. The van der Waals surface area contributed by atoms with Gasteiger partial charge in [0.2, 0.25) is 5.91 Å². The molecule has 7 heteroatoms. The standard InChI is InChI=1S/C19H30N2O5/c1-12(24-5)26-16-8-7-15(14-6-9-17(23)21-18(14)16)25-11-13(22)10-20-19(2,3)4/h7-8,12-13,20,22H,6,9-11H2,1-5H3,(H,21,23). The Morgan fingerprint density at radius 2 is 1.96 bits per heavy atom. The van der Waals surface area contributed by atoms with E-state index >= 15 is 0 Å². The second-order valence-electron chi connectivity index (χ2n) is 7.48. The quantitative estimate of drug-likeness (QED) is 0.611. The minimum absolute atomic E-state index is 0.0565. The number of hydrogen-bond acceptors (Lipinski definition) is 6. The number of methoxy groups -OCH3 is 1. The third kappa shape index (κ3) is 5.86. The first kappa shape index (κ1) is 20.5. The summed E-state index contributed by atoms with van der Waals surface area (Å²) in [7, 11) is 1.56. The number of nitrogens with one attached hydrogen (secondary N) is 2. The molecular formula is C19H30N2O5. The van der Waals surface area contributed by atoms with Gasteiger partial charge in [0.15, 0.2) is 6.29 Å². The Hall–Kier alpha value is -1.83. The molecule has 0 bridgehead atoms. The van der Waals surface area contributed by atoms with Gasteiger partial charge in [-0.3, -0.25) is 4.79 Å². The first-order chi connectivity index (χ1) is 12.2. The molecular weight excluding hydrogens is 336 g/mol. The van der Waals surface area contributed by atoms with Crippen LogP contribution in [0.4, 0.5) is 5.69 Å². The molecule has 1 aromatic carbocycles. The molecule has 0 saturated carbocycles. The number of aliphatic hydroxyl groups is 1. The number of rotatable bonds is 8. The van der Waals surface area contributed by atoms with Crippen LogP contribution in [0.2, 0.25) is 0 Å². The van der Waals surface area contributed by atoms with Crippen LogP contribution in [0.15, 0.2) is 12.1 Å². The summed E-state index contributed by atoms with van der Waals surface area (Å²) in [5.74, 6) is 1.14. The number of carbonyl (C=O) groups excluding carboxylic acids is 1. The molecule has 0 saturated heterocycles. The molecule has 0 radical (unpaired) electrons. The average molecular weight is 366 g/mol. The average Bonchev–Trinajstić information content (AvgIpc) is 2.58. The van der Waals surface area contributed by atoms with Crippen molar-refractivity contribution in [1.82, 2.24) is 5.32 Å². The van der Waals surface area contributed by atoms with E-state index in [1.165, 1.54) is 0 Å². The van der Waals surface area contributed by atoms with E-state index in [0.29, 0.717) is 36.6 Å². The number of fused-ring (bicyclic) bond motifs is 1. The van der Waals surface area contributed by atoms with E-state index in [0.717, 1.165) is 5.56 Å². The van der Waals surface area contributed by atoms with Crippen LogP contribution in [0, 0.1) is 0 Å². The summed E-state index contributed by atoms with van der Waals surface area (Å²) >= 11 is 0. The molecule has 0 aliphatic carbocycles. The van der Waals surface area contributed by atoms with Gasteiger partial charge < -0.3 is 30.0 Å². The normalized spacial score (nSPS) is 16.5. The number of amides is 1. The zero-order valence-electron chi connectivity index (χ0n) is 16.2. The van der Waals surface area contributed by atoms with Crippen molar-refractivity contribution in [1.29, 1.82) is 0 Å². The van der Waals surface area contributed by atoms with Gasteiger partial charge in [-0.05, 0) is 46.2 Å². The van der Waals surface area contributed by atoms with Gasteiger partial charge in [0, 0.05) is 31.2 Å². The maximum atomic E-state index is 11.8. The summed E-state index contributed by atoms with van der Waals surface area (Å²) in [6, 6.07) is 3.55. The van der Waals surface area contributed by atoms with E-state index in [4.69, 9.17) is 14.2 Å². The molecule has 7 nitrogen and oxygen atoms in total. The van der Waals surface area contributed by atoms with Gasteiger partial charge >= 0.3 is 0 Å². The summed E-state index contributed by atoms with van der Waals surface area (Å²) in [5, 5.41) is 16.2. The smallest absolute Gasteiger partial charge is 0.224 e. The van der Waals surface area contributed by atoms with E-state index in [1.807, 2.05) is 20.8 Å².